The Labute approximate surface area is 151 Å². The van der Waals surface area contributed by atoms with Gasteiger partial charge in [-0.3, -0.25) is 9.78 Å². The molecule has 1 amide bonds. The summed E-state index contributed by atoms with van der Waals surface area (Å²) in [5.41, 5.74) is 2.08. The average Bonchev–Trinajstić information content (AvgIpc) is 3.05. The molecule has 1 aromatic heterocycles. The van der Waals surface area contributed by atoms with Crippen LogP contribution in [0.15, 0.2) is 48.8 Å². The molecule has 7 nitrogen and oxygen atoms in total. The van der Waals surface area contributed by atoms with Crippen LogP contribution in [0.3, 0.4) is 0 Å². The molecule has 1 aromatic carbocycles. The molecule has 0 aliphatic carbocycles. The lowest BCUT2D eigenvalue weighted by Gasteiger charge is -2.19. The van der Waals surface area contributed by atoms with Crippen LogP contribution in [0.5, 0.6) is 0 Å². The van der Waals surface area contributed by atoms with Crippen molar-refractivity contribution in [3.8, 4) is 6.07 Å². The van der Waals surface area contributed by atoms with Crippen LogP contribution in [0.1, 0.15) is 21.5 Å². The normalized spacial score (nSPS) is 21.9. The number of ether oxygens (including phenoxy) is 1. The zero-order valence-corrected chi connectivity index (χ0v) is 14.1. The number of carbonyl (C=O) groups is 1. The Morgan fingerprint density at radius 2 is 2.15 bits per heavy atom. The minimum Gasteiger partial charge on any atom is -0.389 e. The van der Waals surface area contributed by atoms with Crippen LogP contribution in [-0.4, -0.2) is 47.4 Å². The molecular formula is C19H20N4O3. The largest absolute Gasteiger partial charge is 0.389 e. The zero-order chi connectivity index (χ0) is 18.4. The summed E-state index contributed by atoms with van der Waals surface area (Å²) in [4.78, 5) is 15.9. The van der Waals surface area contributed by atoms with Crippen molar-refractivity contribution in [3.63, 3.8) is 0 Å². The number of aliphatic hydroxyl groups is 1. The van der Waals surface area contributed by atoms with Gasteiger partial charge in [0, 0.05) is 31.0 Å². The van der Waals surface area contributed by atoms with Crippen molar-refractivity contribution in [2.75, 3.05) is 13.2 Å². The fourth-order valence-corrected chi connectivity index (χ4v) is 2.84. The van der Waals surface area contributed by atoms with Crippen molar-refractivity contribution >= 4 is 5.91 Å². The number of benzene rings is 1. The molecule has 3 N–H and O–H groups in total. The molecule has 7 heteroatoms. The Kier molecular flexibility index (Phi) is 5.92. The first kappa shape index (κ1) is 18.0. The number of nitrogens with zero attached hydrogens (tertiary/aromatic N) is 2. The van der Waals surface area contributed by atoms with E-state index in [0.717, 1.165) is 5.56 Å². The second-order valence-electron chi connectivity index (χ2n) is 6.11. The molecule has 0 saturated carbocycles. The van der Waals surface area contributed by atoms with Gasteiger partial charge in [0.1, 0.15) is 6.10 Å². The van der Waals surface area contributed by atoms with Gasteiger partial charge in [0.15, 0.2) is 0 Å². The molecule has 26 heavy (non-hydrogen) atoms. The monoisotopic (exact) mass is 352 g/mol. The molecule has 1 fully saturated rings. The number of hydrogen-bond acceptors (Lipinski definition) is 6. The molecule has 3 atom stereocenters. The lowest BCUT2D eigenvalue weighted by molar-refractivity contribution is 0.0398. The standard InChI is InChI=1S/C19H20N4O3/c20-9-13-2-1-3-14(8-13)10-22-16-12-26-17(18(16)24)11-23-19(25)15-4-6-21-7-5-15/h1-8,16-18,22,24H,10-12H2,(H,23,25)/t16-,17-,18+/m1/s1. The maximum absolute atomic E-state index is 12.0. The summed E-state index contributed by atoms with van der Waals surface area (Å²) in [5, 5.41) is 25.4. The van der Waals surface area contributed by atoms with E-state index in [0.29, 0.717) is 24.3 Å². The molecule has 134 valence electrons. The van der Waals surface area contributed by atoms with E-state index in [-0.39, 0.29) is 18.5 Å². The van der Waals surface area contributed by atoms with Gasteiger partial charge in [-0.25, -0.2) is 0 Å². The SMILES string of the molecule is N#Cc1cccc(CN[C@@H]2CO[C@H](CNC(=O)c3ccncc3)[C@H]2O)c1. The fourth-order valence-electron chi connectivity index (χ4n) is 2.84. The number of rotatable bonds is 6. The van der Waals surface area contributed by atoms with Gasteiger partial charge in [0.05, 0.1) is 30.4 Å². The predicted molar refractivity (Wildman–Crippen MR) is 94.1 cm³/mol. The molecule has 2 aromatic rings. The number of nitriles is 1. The number of aromatic nitrogens is 1. The minimum atomic E-state index is -0.730. The zero-order valence-electron chi connectivity index (χ0n) is 14.1. The van der Waals surface area contributed by atoms with Crippen molar-refractivity contribution < 1.29 is 14.6 Å². The minimum absolute atomic E-state index is 0.227. The Balaban J connectivity index is 1.47. The van der Waals surface area contributed by atoms with E-state index in [9.17, 15) is 9.90 Å². The maximum Gasteiger partial charge on any atom is 0.251 e. The highest BCUT2D eigenvalue weighted by Gasteiger charge is 2.35. The third kappa shape index (κ3) is 4.43. The van der Waals surface area contributed by atoms with Crippen LogP contribution in [0.25, 0.3) is 0 Å². The van der Waals surface area contributed by atoms with Crippen molar-refractivity contribution in [2.45, 2.75) is 24.8 Å². The Morgan fingerprint density at radius 3 is 2.92 bits per heavy atom. The lowest BCUT2D eigenvalue weighted by Crippen LogP contribution is -2.44. The van der Waals surface area contributed by atoms with E-state index in [1.165, 1.54) is 0 Å². The van der Waals surface area contributed by atoms with E-state index < -0.39 is 12.2 Å². The van der Waals surface area contributed by atoms with Gasteiger partial charge < -0.3 is 20.5 Å². The average molecular weight is 352 g/mol. The molecule has 1 aliphatic rings. The van der Waals surface area contributed by atoms with Crippen LogP contribution >= 0.6 is 0 Å². The van der Waals surface area contributed by atoms with E-state index >= 15 is 0 Å². The molecule has 0 spiro atoms. The third-order valence-corrected chi connectivity index (χ3v) is 4.31. The Hall–Kier alpha value is -2.79. The summed E-state index contributed by atoms with van der Waals surface area (Å²) in [6.45, 7) is 1.11. The molecule has 2 heterocycles. The molecule has 3 rings (SSSR count). The first-order valence-electron chi connectivity index (χ1n) is 8.37. The van der Waals surface area contributed by atoms with E-state index in [1.807, 2.05) is 18.2 Å². The summed E-state index contributed by atoms with van der Waals surface area (Å²) in [7, 11) is 0. The van der Waals surface area contributed by atoms with Crippen molar-refractivity contribution in [3.05, 3.63) is 65.5 Å². The second kappa shape index (κ2) is 8.54. The number of carbonyl (C=O) groups excluding carboxylic acids is 1. The van der Waals surface area contributed by atoms with Gasteiger partial charge in [-0.05, 0) is 29.8 Å². The fraction of sp³-hybridized carbons (Fsp3) is 0.316. The second-order valence-corrected chi connectivity index (χ2v) is 6.11. The van der Waals surface area contributed by atoms with Crippen molar-refractivity contribution in [1.82, 2.24) is 15.6 Å². The van der Waals surface area contributed by atoms with Crippen LogP contribution in [0.4, 0.5) is 0 Å². The molecule has 0 radical (unpaired) electrons. The van der Waals surface area contributed by atoms with Gasteiger partial charge in [-0.15, -0.1) is 0 Å². The topological polar surface area (TPSA) is 107 Å². The summed E-state index contributed by atoms with van der Waals surface area (Å²) in [6, 6.07) is 12.4. The molecule has 0 bridgehead atoms. The predicted octanol–water partition coefficient (Wildman–Crippen LogP) is 0.601. The molecule has 0 unspecified atom stereocenters. The van der Waals surface area contributed by atoms with Gasteiger partial charge in [0.2, 0.25) is 0 Å². The van der Waals surface area contributed by atoms with Gasteiger partial charge in [0.25, 0.3) is 5.91 Å². The number of nitrogens with one attached hydrogen (secondary N) is 2. The molecule has 1 aliphatic heterocycles. The quantitative estimate of drug-likeness (QED) is 0.703. The van der Waals surface area contributed by atoms with E-state index in [4.69, 9.17) is 10.00 Å². The highest BCUT2D eigenvalue weighted by molar-refractivity contribution is 5.93. The van der Waals surface area contributed by atoms with Crippen LogP contribution in [0, 0.1) is 11.3 Å². The van der Waals surface area contributed by atoms with Gasteiger partial charge >= 0.3 is 0 Å². The van der Waals surface area contributed by atoms with Gasteiger partial charge in [-0.1, -0.05) is 12.1 Å². The highest BCUT2D eigenvalue weighted by atomic mass is 16.5. The number of hydrogen-bond donors (Lipinski definition) is 3. The lowest BCUT2D eigenvalue weighted by atomic mass is 10.1. The van der Waals surface area contributed by atoms with Crippen molar-refractivity contribution in [2.24, 2.45) is 0 Å². The maximum atomic E-state index is 12.0. The first-order chi connectivity index (χ1) is 12.7. The number of pyridine rings is 1. The Bertz CT molecular complexity index is 791. The van der Waals surface area contributed by atoms with Crippen LogP contribution < -0.4 is 10.6 Å². The van der Waals surface area contributed by atoms with E-state index in [1.54, 1.807) is 30.6 Å². The summed E-state index contributed by atoms with van der Waals surface area (Å²) in [6.07, 6.45) is 1.91. The van der Waals surface area contributed by atoms with Crippen LogP contribution in [-0.2, 0) is 11.3 Å². The van der Waals surface area contributed by atoms with Crippen molar-refractivity contribution in [1.29, 1.82) is 5.26 Å². The van der Waals surface area contributed by atoms with E-state index in [2.05, 4.69) is 21.7 Å². The summed E-state index contributed by atoms with van der Waals surface area (Å²) < 4.78 is 5.61. The smallest absolute Gasteiger partial charge is 0.251 e. The number of amides is 1. The highest BCUT2D eigenvalue weighted by Crippen LogP contribution is 2.15. The molecule has 1 saturated heterocycles. The van der Waals surface area contributed by atoms with Crippen LogP contribution in [0.2, 0.25) is 0 Å². The summed E-state index contributed by atoms with van der Waals surface area (Å²) in [5.74, 6) is -0.229. The Morgan fingerprint density at radius 1 is 1.35 bits per heavy atom. The number of aliphatic hydroxyl groups excluding tert-OH is 1. The first-order valence-corrected chi connectivity index (χ1v) is 8.37. The summed E-state index contributed by atoms with van der Waals surface area (Å²) >= 11 is 0. The third-order valence-electron chi connectivity index (χ3n) is 4.31. The molecular weight excluding hydrogens is 332 g/mol. The van der Waals surface area contributed by atoms with Gasteiger partial charge in [-0.2, -0.15) is 5.26 Å².